The number of thiazole rings is 1. The Morgan fingerprint density at radius 3 is 2.71 bits per heavy atom. The molecule has 0 bridgehead atoms. The van der Waals surface area contributed by atoms with Crippen molar-refractivity contribution in [1.29, 1.82) is 0 Å². The summed E-state index contributed by atoms with van der Waals surface area (Å²) in [5, 5.41) is 6.36. The van der Waals surface area contributed by atoms with Crippen LogP contribution in [0.1, 0.15) is 23.5 Å². The predicted molar refractivity (Wildman–Crippen MR) is 72.3 cm³/mol. The summed E-state index contributed by atoms with van der Waals surface area (Å²) in [4.78, 5) is 4.42. The highest BCUT2D eigenvalue weighted by Gasteiger charge is 2.11. The van der Waals surface area contributed by atoms with E-state index in [0.29, 0.717) is 12.5 Å². The number of sulfone groups is 1. The number of aromatic nitrogens is 1. The first-order chi connectivity index (χ1) is 7.90. The molecular formula is C11H20N2O2S2. The van der Waals surface area contributed by atoms with Crippen LogP contribution in [0, 0.1) is 6.92 Å². The number of aryl methyl sites for hydroxylation is 1. The van der Waals surface area contributed by atoms with Gasteiger partial charge >= 0.3 is 0 Å². The molecule has 1 unspecified atom stereocenters. The van der Waals surface area contributed by atoms with Crippen LogP contribution < -0.4 is 5.32 Å². The van der Waals surface area contributed by atoms with Crippen molar-refractivity contribution in [3.8, 4) is 0 Å². The minimum absolute atomic E-state index is 0.265. The Bertz CT molecular complexity index is 440. The van der Waals surface area contributed by atoms with Gasteiger partial charge in [0.05, 0.1) is 10.7 Å². The molecule has 0 saturated heterocycles. The molecule has 17 heavy (non-hydrogen) atoms. The molecule has 1 aromatic heterocycles. The summed E-state index contributed by atoms with van der Waals surface area (Å²) >= 11 is 1.65. The zero-order valence-electron chi connectivity index (χ0n) is 10.6. The lowest BCUT2D eigenvalue weighted by Crippen LogP contribution is -2.28. The molecule has 0 spiro atoms. The van der Waals surface area contributed by atoms with Gasteiger partial charge in [-0.1, -0.05) is 0 Å². The van der Waals surface area contributed by atoms with Crippen LogP contribution in [0.4, 0.5) is 0 Å². The number of hydrogen-bond acceptors (Lipinski definition) is 5. The second kappa shape index (κ2) is 6.47. The van der Waals surface area contributed by atoms with Gasteiger partial charge in [-0.05, 0) is 26.8 Å². The number of nitrogens with one attached hydrogen (secondary N) is 1. The van der Waals surface area contributed by atoms with E-state index in [1.54, 1.807) is 11.3 Å². The molecule has 0 fully saturated rings. The summed E-state index contributed by atoms with van der Waals surface area (Å²) in [5.41, 5.74) is 1.09. The molecule has 0 aliphatic carbocycles. The van der Waals surface area contributed by atoms with Crippen molar-refractivity contribution in [3.63, 3.8) is 0 Å². The van der Waals surface area contributed by atoms with Crippen LogP contribution in [0.3, 0.4) is 0 Å². The van der Waals surface area contributed by atoms with E-state index in [0.717, 1.165) is 23.5 Å². The van der Waals surface area contributed by atoms with E-state index in [4.69, 9.17) is 0 Å². The lowest BCUT2D eigenvalue weighted by Gasteiger charge is -2.14. The fourth-order valence-corrected chi connectivity index (χ4v) is 3.01. The molecule has 1 rings (SSSR count). The summed E-state index contributed by atoms with van der Waals surface area (Å²) in [5.74, 6) is 0.265. The van der Waals surface area contributed by atoms with Crippen molar-refractivity contribution in [3.05, 3.63) is 16.1 Å². The molecule has 0 aliphatic heterocycles. The van der Waals surface area contributed by atoms with Gasteiger partial charge in [0.2, 0.25) is 0 Å². The lowest BCUT2D eigenvalue weighted by molar-refractivity contribution is 0.507. The molecule has 0 amide bonds. The highest BCUT2D eigenvalue weighted by molar-refractivity contribution is 7.90. The zero-order valence-corrected chi connectivity index (χ0v) is 12.2. The second-order valence-electron chi connectivity index (χ2n) is 4.32. The van der Waals surface area contributed by atoms with Crippen LogP contribution in [0.2, 0.25) is 0 Å². The van der Waals surface area contributed by atoms with Crippen LogP contribution in [-0.2, 0) is 16.3 Å². The first-order valence-corrected chi connectivity index (χ1v) is 8.60. The first-order valence-electron chi connectivity index (χ1n) is 5.66. The van der Waals surface area contributed by atoms with E-state index < -0.39 is 9.84 Å². The molecule has 6 heteroatoms. The second-order valence-corrected chi connectivity index (χ2v) is 7.64. The van der Waals surface area contributed by atoms with E-state index in [1.165, 1.54) is 6.26 Å². The van der Waals surface area contributed by atoms with Crippen LogP contribution >= 0.6 is 11.3 Å². The topological polar surface area (TPSA) is 59.1 Å². The number of nitrogens with zero attached hydrogens (tertiary/aromatic N) is 1. The number of hydrogen-bond donors (Lipinski definition) is 1. The van der Waals surface area contributed by atoms with E-state index in [2.05, 4.69) is 15.7 Å². The summed E-state index contributed by atoms with van der Waals surface area (Å²) < 4.78 is 22.1. The predicted octanol–water partition coefficient (Wildman–Crippen LogP) is 1.41. The van der Waals surface area contributed by atoms with Gasteiger partial charge in [-0.3, -0.25) is 0 Å². The van der Waals surface area contributed by atoms with E-state index in [9.17, 15) is 8.42 Å². The molecule has 1 atom stereocenters. The van der Waals surface area contributed by atoms with Crippen molar-refractivity contribution in [2.24, 2.45) is 0 Å². The maximum Gasteiger partial charge on any atom is 0.147 e. The molecule has 0 aromatic carbocycles. The molecule has 0 aliphatic rings. The number of rotatable bonds is 7. The first kappa shape index (κ1) is 14.6. The third kappa shape index (κ3) is 6.14. The fourth-order valence-electron chi connectivity index (χ4n) is 1.69. The highest BCUT2D eigenvalue weighted by atomic mass is 32.2. The Balaban J connectivity index is 2.39. The maximum absolute atomic E-state index is 11.0. The maximum atomic E-state index is 11.0. The Kier molecular flexibility index (Phi) is 5.55. The zero-order chi connectivity index (χ0) is 12.9. The van der Waals surface area contributed by atoms with E-state index in [-0.39, 0.29) is 5.75 Å². The summed E-state index contributed by atoms with van der Waals surface area (Å²) in [6.07, 6.45) is 3.71. The molecule has 1 aromatic rings. The SMILES string of the molecule is CNC(CCCS(C)(=O)=O)Cc1csc(C)n1. The van der Waals surface area contributed by atoms with Gasteiger partial charge in [-0.25, -0.2) is 13.4 Å². The van der Waals surface area contributed by atoms with Crippen molar-refractivity contribution < 1.29 is 8.42 Å². The third-order valence-corrected chi connectivity index (χ3v) is 4.45. The Labute approximate surface area is 107 Å². The van der Waals surface area contributed by atoms with Gasteiger partial charge in [-0.15, -0.1) is 11.3 Å². The van der Waals surface area contributed by atoms with Crippen molar-refractivity contribution >= 4 is 21.2 Å². The van der Waals surface area contributed by atoms with Crippen LogP contribution in [0.25, 0.3) is 0 Å². The molecular weight excluding hydrogens is 256 g/mol. The molecule has 0 saturated carbocycles. The molecule has 4 nitrogen and oxygen atoms in total. The smallest absolute Gasteiger partial charge is 0.147 e. The average molecular weight is 276 g/mol. The molecule has 1 N–H and O–H groups in total. The van der Waals surface area contributed by atoms with Crippen LogP contribution in [0.5, 0.6) is 0 Å². The van der Waals surface area contributed by atoms with Gasteiger partial charge in [0.1, 0.15) is 9.84 Å². The van der Waals surface area contributed by atoms with Gasteiger partial charge in [-0.2, -0.15) is 0 Å². The summed E-state index contributed by atoms with van der Waals surface area (Å²) in [7, 11) is -0.931. The van der Waals surface area contributed by atoms with Gasteiger partial charge in [0.25, 0.3) is 0 Å². The fraction of sp³-hybridized carbons (Fsp3) is 0.727. The average Bonchev–Trinajstić information content (AvgIpc) is 2.60. The van der Waals surface area contributed by atoms with Gasteiger partial charge in [0, 0.05) is 29.9 Å². The Morgan fingerprint density at radius 1 is 1.53 bits per heavy atom. The largest absolute Gasteiger partial charge is 0.317 e. The molecule has 98 valence electrons. The minimum Gasteiger partial charge on any atom is -0.317 e. The monoisotopic (exact) mass is 276 g/mol. The van der Waals surface area contributed by atoms with Crippen molar-refractivity contribution in [1.82, 2.24) is 10.3 Å². The van der Waals surface area contributed by atoms with Crippen molar-refractivity contribution in [2.45, 2.75) is 32.2 Å². The molecule has 0 radical (unpaired) electrons. The summed E-state index contributed by atoms with van der Waals surface area (Å²) in [6.45, 7) is 1.99. The van der Waals surface area contributed by atoms with Crippen LogP contribution in [-0.4, -0.2) is 38.5 Å². The van der Waals surface area contributed by atoms with Crippen LogP contribution in [0.15, 0.2) is 5.38 Å². The quantitative estimate of drug-likeness (QED) is 0.818. The normalized spacial score (nSPS) is 13.8. The van der Waals surface area contributed by atoms with Gasteiger partial charge in [0.15, 0.2) is 0 Å². The third-order valence-electron chi connectivity index (χ3n) is 2.60. The Morgan fingerprint density at radius 2 is 2.24 bits per heavy atom. The van der Waals surface area contributed by atoms with E-state index in [1.807, 2.05) is 14.0 Å². The lowest BCUT2D eigenvalue weighted by atomic mass is 10.1. The van der Waals surface area contributed by atoms with E-state index >= 15 is 0 Å². The number of likely N-dealkylation sites (N-methyl/N-ethyl adjacent to an activating group) is 1. The minimum atomic E-state index is -2.84. The molecule has 1 heterocycles. The Hall–Kier alpha value is -0.460. The highest BCUT2D eigenvalue weighted by Crippen LogP contribution is 2.12. The summed E-state index contributed by atoms with van der Waals surface area (Å²) in [6, 6.07) is 0.304. The van der Waals surface area contributed by atoms with Gasteiger partial charge < -0.3 is 5.32 Å². The standard InChI is InChI=1S/C11H20N2O2S2/c1-9-13-11(8-16-9)7-10(12-2)5-4-6-17(3,14)15/h8,10,12H,4-7H2,1-3H3. The van der Waals surface area contributed by atoms with Crippen molar-refractivity contribution in [2.75, 3.05) is 19.1 Å².